The van der Waals surface area contributed by atoms with Crippen molar-refractivity contribution in [3.63, 3.8) is 0 Å². The number of hydrogen-bond acceptors (Lipinski definition) is 7. The summed E-state index contributed by atoms with van der Waals surface area (Å²) in [4.78, 5) is 27.5. The average Bonchev–Trinajstić information content (AvgIpc) is 3.06. The molecule has 0 saturated heterocycles. The van der Waals surface area contributed by atoms with Crippen LogP contribution in [-0.2, 0) is 0 Å². The van der Waals surface area contributed by atoms with E-state index in [-0.39, 0.29) is 11.5 Å². The molecule has 0 atom stereocenters. The third kappa shape index (κ3) is 4.49. The highest BCUT2D eigenvalue weighted by Crippen LogP contribution is 2.38. The number of benzene rings is 5. The Morgan fingerprint density at radius 3 is 1.26 bits per heavy atom. The maximum atomic E-state index is 12.7. The van der Waals surface area contributed by atoms with Crippen molar-refractivity contribution in [3.05, 3.63) is 148 Å². The fraction of sp³-hybridized carbons (Fsp3) is 0. The zero-order valence-corrected chi connectivity index (χ0v) is 22.6. The highest BCUT2D eigenvalue weighted by molar-refractivity contribution is 5.84. The van der Waals surface area contributed by atoms with E-state index in [1.807, 2.05) is 59.5 Å². The molecule has 0 unspecified atom stereocenters. The van der Waals surface area contributed by atoms with Gasteiger partial charge in [0.25, 0.3) is 0 Å². The summed E-state index contributed by atoms with van der Waals surface area (Å²) in [5, 5.41) is 21.9. The van der Waals surface area contributed by atoms with Gasteiger partial charge in [-0.15, -0.1) is 0 Å². The van der Waals surface area contributed by atoms with Gasteiger partial charge in [-0.25, -0.2) is 0 Å². The summed E-state index contributed by atoms with van der Waals surface area (Å²) in [5.41, 5.74) is 3.43. The Morgan fingerprint density at radius 2 is 0.814 bits per heavy atom. The summed E-state index contributed by atoms with van der Waals surface area (Å²) < 4.78 is 11.8. The number of rotatable bonds is 5. The minimum absolute atomic E-state index is 0.0996. The molecule has 0 aliphatic heterocycles. The molecule has 0 aliphatic rings. The third-order valence-corrected chi connectivity index (χ3v) is 7.34. The fourth-order valence-electron chi connectivity index (χ4n) is 5.20. The SMILES string of the molecule is O=c1c(O)c(-c2ccc(N(c3ccccc3)c3ccc(-c4oc5ccccc5c(=O)c4O)cc3)cc2)oc2ccccc12. The van der Waals surface area contributed by atoms with Crippen LogP contribution in [0.1, 0.15) is 0 Å². The molecule has 7 aromatic rings. The first-order chi connectivity index (χ1) is 21.0. The molecule has 2 aromatic heterocycles. The number of nitrogens with zero attached hydrogens (tertiary/aromatic N) is 1. The van der Waals surface area contributed by atoms with E-state index in [0.29, 0.717) is 33.1 Å². The topological polar surface area (TPSA) is 104 Å². The van der Waals surface area contributed by atoms with Crippen molar-refractivity contribution >= 4 is 39.0 Å². The van der Waals surface area contributed by atoms with Crippen molar-refractivity contribution in [2.45, 2.75) is 0 Å². The Labute approximate surface area is 244 Å². The molecule has 0 fully saturated rings. The zero-order valence-electron chi connectivity index (χ0n) is 22.6. The standard InChI is InChI=1S/C36H23NO6/c38-31-27-10-4-6-12-29(27)42-35(33(31)40)22-14-18-25(19-15-22)37(24-8-2-1-3-9-24)26-20-16-23(17-21-26)36-34(41)32(39)28-11-5-7-13-30(28)43-36/h1-21,40-41H. The quantitative estimate of drug-likeness (QED) is 0.217. The third-order valence-electron chi connectivity index (χ3n) is 7.34. The van der Waals surface area contributed by atoms with Gasteiger partial charge in [0.05, 0.1) is 10.8 Å². The van der Waals surface area contributed by atoms with E-state index in [1.54, 1.807) is 72.8 Å². The van der Waals surface area contributed by atoms with E-state index in [2.05, 4.69) is 0 Å². The molecule has 208 valence electrons. The van der Waals surface area contributed by atoms with Crippen LogP contribution in [0, 0.1) is 0 Å². The lowest BCUT2D eigenvalue weighted by atomic mass is 10.1. The predicted molar refractivity (Wildman–Crippen MR) is 167 cm³/mol. The van der Waals surface area contributed by atoms with Crippen LogP contribution in [0.25, 0.3) is 44.6 Å². The zero-order chi connectivity index (χ0) is 29.5. The van der Waals surface area contributed by atoms with E-state index in [1.165, 1.54) is 0 Å². The van der Waals surface area contributed by atoms with Gasteiger partial charge < -0.3 is 23.9 Å². The van der Waals surface area contributed by atoms with E-state index in [4.69, 9.17) is 8.83 Å². The Bertz CT molecular complexity index is 2090. The normalized spacial score (nSPS) is 11.2. The molecule has 5 aromatic carbocycles. The summed E-state index contributed by atoms with van der Waals surface area (Å²) in [6.07, 6.45) is 0. The minimum atomic E-state index is -0.486. The van der Waals surface area contributed by atoms with Gasteiger partial charge in [-0.3, -0.25) is 9.59 Å². The lowest BCUT2D eigenvalue weighted by Gasteiger charge is -2.25. The molecule has 7 rings (SSSR count). The number of fused-ring (bicyclic) bond motifs is 2. The van der Waals surface area contributed by atoms with E-state index in [9.17, 15) is 19.8 Å². The van der Waals surface area contributed by atoms with E-state index < -0.39 is 22.4 Å². The molecule has 0 spiro atoms. The predicted octanol–water partition coefficient (Wildman–Crippen LogP) is 8.11. The molecule has 0 radical (unpaired) electrons. The number of aromatic hydroxyl groups is 2. The highest BCUT2D eigenvalue weighted by atomic mass is 16.4. The lowest BCUT2D eigenvalue weighted by molar-refractivity contribution is 0.449. The second-order valence-electron chi connectivity index (χ2n) is 9.97. The fourth-order valence-corrected chi connectivity index (χ4v) is 5.20. The maximum Gasteiger partial charge on any atom is 0.235 e. The summed E-state index contributed by atoms with van der Waals surface area (Å²) in [5.74, 6) is -0.679. The molecule has 0 amide bonds. The number of para-hydroxylation sites is 3. The van der Waals surface area contributed by atoms with Crippen molar-refractivity contribution in [2.75, 3.05) is 4.90 Å². The van der Waals surface area contributed by atoms with Crippen LogP contribution in [0.2, 0.25) is 0 Å². The number of anilines is 3. The Kier molecular flexibility index (Phi) is 6.25. The van der Waals surface area contributed by atoms with Crippen LogP contribution in [0.4, 0.5) is 17.1 Å². The molecule has 0 aliphatic carbocycles. The second-order valence-corrected chi connectivity index (χ2v) is 9.97. The first-order valence-electron chi connectivity index (χ1n) is 13.6. The van der Waals surface area contributed by atoms with Crippen LogP contribution in [0.15, 0.2) is 146 Å². The molecule has 2 heterocycles. The van der Waals surface area contributed by atoms with Crippen LogP contribution in [0.3, 0.4) is 0 Å². The summed E-state index contributed by atoms with van der Waals surface area (Å²) in [6, 6.07) is 38.0. The Morgan fingerprint density at radius 1 is 0.442 bits per heavy atom. The molecule has 7 heteroatoms. The largest absolute Gasteiger partial charge is 0.502 e. The van der Waals surface area contributed by atoms with Gasteiger partial charge >= 0.3 is 0 Å². The van der Waals surface area contributed by atoms with Gasteiger partial charge in [-0.1, -0.05) is 42.5 Å². The number of hydrogen-bond donors (Lipinski definition) is 2. The van der Waals surface area contributed by atoms with Crippen LogP contribution >= 0.6 is 0 Å². The molecular formula is C36H23NO6. The average molecular weight is 566 g/mol. The molecule has 0 bridgehead atoms. The van der Waals surface area contributed by atoms with Crippen molar-refractivity contribution in [1.82, 2.24) is 0 Å². The van der Waals surface area contributed by atoms with E-state index >= 15 is 0 Å². The lowest BCUT2D eigenvalue weighted by Crippen LogP contribution is -2.09. The molecule has 7 nitrogen and oxygen atoms in total. The molecular weight excluding hydrogens is 542 g/mol. The smallest absolute Gasteiger partial charge is 0.235 e. The minimum Gasteiger partial charge on any atom is -0.502 e. The summed E-state index contributed by atoms with van der Waals surface area (Å²) in [6.45, 7) is 0. The van der Waals surface area contributed by atoms with Crippen LogP contribution < -0.4 is 15.8 Å². The van der Waals surface area contributed by atoms with Gasteiger partial charge in [-0.2, -0.15) is 0 Å². The summed E-state index contributed by atoms with van der Waals surface area (Å²) in [7, 11) is 0. The molecule has 43 heavy (non-hydrogen) atoms. The van der Waals surface area contributed by atoms with Gasteiger partial charge in [0.15, 0.2) is 11.5 Å². The van der Waals surface area contributed by atoms with Gasteiger partial charge in [0.2, 0.25) is 22.4 Å². The first kappa shape index (κ1) is 25.9. The van der Waals surface area contributed by atoms with Crippen molar-refractivity contribution in [2.24, 2.45) is 0 Å². The molecule has 0 saturated carbocycles. The van der Waals surface area contributed by atoms with E-state index in [0.717, 1.165) is 17.1 Å². The van der Waals surface area contributed by atoms with Gasteiger partial charge in [0, 0.05) is 28.2 Å². The van der Waals surface area contributed by atoms with Gasteiger partial charge in [-0.05, 0) is 84.9 Å². The van der Waals surface area contributed by atoms with Crippen molar-refractivity contribution < 1.29 is 19.0 Å². The maximum absolute atomic E-state index is 12.7. The van der Waals surface area contributed by atoms with Crippen molar-refractivity contribution in [3.8, 4) is 34.1 Å². The highest BCUT2D eigenvalue weighted by Gasteiger charge is 2.19. The van der Waals surface area contributed by atoms with Crippen molar-refractivity contribution in [1.29, 1.82) is 0 Å². The Balaban J connectivity index is 1.28. The van der Waals surface area contributed by atoms with Crippen LogP contribution in [0.5, 0.6) is 11.5 Å². The second kappa shape index (κ2) is 10.4. The van der Waals surface area contributed by atoms with Crippen LogP contribution in [-0.4, -0.2) is 10.2 Å². The van der Waals surface area contributed by atoms with Gasteiger partial charge in [0.1, 0.15) is 11.2 Å². The first-order valence-corrected chi connectivity index (χ1v) is 13.6. The monoisotopic (exact) mass is 565 g/mol. The Hall–Kier alpha value is -6.08. The summed E-state index contributed by atoms with van der Waals surface area (Å²) >= 11 is 0. The molecule has 2 N–H and O–H groups in total.